The van der Waals surface area contributed by atoms with E-state index in [4.69, 9.17) is 0 Å². The molecule has 1 aromatic heterocycles. The van der Waals surface area contributed by atoms with Crippen LogP contribution in [0.1, 0.15) is 6.92 Å². The Labute approximate surface area is 82.5 Å². The van der Waals surface area contributed by atoms with Gasteiger partial charge in [0.25, 0.3) is 0 Å². The summed E-state index contributed by atoms with van der Waals surface area (Å²) in [5.41, 5.74) is 3.60. The van der Waals surface area contributed by atoms with Crippen molar-refractivity contribution in [3.05, 3.63) is 42.2 Å². The average Bonchev–Trinajstić information content (AvgIpc) is 2.18. The Morgan fingerprint density at radius 3 is 2.93 bits per heavy atom. The molecule has 2 heteroatoms. The topological polar surface area (TPSA) is 15.9 Å². The van der Waals surface area contributed by atoms with Gasteiger partial charge in [-0.15, -0.1) is 0 Å². The van der Waals surface area contributed by atoms with Crippen LogP contribution in [0.3, 0.4) is 0 Å². The van der Waals surface area contributed by atoms with Crippen molar-refractivity contribution < 1.29 is 4.57 Å². The van der Waals surface area contributed by atoms with E-state index in [1.807, 2.05) is 0 Å². The maximum Gasteiger partial charge on any atom is 0.241 e. The molecule has 0 saturated heterocycles. The molecule has 2 nitrogen and oxygen atoms in total. The molecule has 0 unspecified atom stereocenters. The first-order valence-electron chi connectivity index (χ1n) is 4.73. The summed E-state index contributed by atoms with van der Waals surface area (Å²) in [6.45, 7) is 2.07. The predicted octanol–water partition coefficient (Wildman–Crippen LogP) is 2.37. The number of nitrogens with zero attached hydrogens (tertiary/aromatic N) is 1. The molecule has 0 aliphatic carbocycles. The van der Waals surface area contributed by atoms with Crippen molar-refractivity contribution in [3.8, 4) is 0 Å². The van der Waals surface area contributed by atoms with Crippen molar-refractivity contribution in [1.82, 2.24) is 0 Å². The van der Waals surface area contributed by atoms with Crippen molar-refractivity contribution in [2.24, 2.45) is 0 Å². The van der Waals surface area contributed by atoms with Gasteiger partial charge in [0, 0.05) is 11.5 Å². The molecule has 14 heavy (non-hydrogen) atoms. The van der Waals surface area contributed by atoms with E-state index in [0.29, 0.717) is 0 Å². The van der Waals surface area contributed by atoms with Crippen LogP contribution in [0, 0.1) is 0 Å². The third kappa shape index (κ3) is 0.940. The highest BCUT2D eigenvalue weighted by atomic mass is 15.0. The second kappa shape index (κ2) is 2.58. The number of allylic oxidation sites excluding steroid dienone is 1. The number of benzene rings is 1. The zero-order valence-electron chi connectivity index (χ0n) is 7.99. The number of para-hydroxylation sites is 1. The maximum absolute atomic E-state index is 3.36. The van der Waals surface area contributed by atoms with Crippen LogP contribution in [0.2, 0.25) is 0 Å². The molecule has 3 rings (SSSR count). The number of pyridine rings is 1. The van der Waals surface area contributed by atoms with Crippen LogP contribution in [-0.2, 0) is 0 Å². The molecule has 2 heterocycles. The van der Waals surface area contributed by atoms with Gasteiger partial charge in [0.05, 0.1) is 5.70 Å². The van der Waals surface area contributed by atoms with E-state index in [9.17, 15) is 0 Å². The summed E-state index contributed by atoms with van der Waals surface area (Å²) in [6, 6.07) is 10.5. The van der Waals surface area contributed by atoms with E-state index in [0.717, 1.165) is 0 Å². The summed E-state index contributed by atoms with van der Waals surface area (Å²) >= 11 is 0. The predicted molar refractivity (Wildman–Crippen MR) is 57.7 cm³/mol. The first kappa shape index (κ1) is 7.56. The summed E-state index contributed by atoms with van der Waals surface area (Å²) in [6.07, 6.45) is 4.19. The fraction of sp³-hybridized carbons (Fsp3) is 0.0833. The Bertz CT molecular complexity index is 536. The van der Waals surface area contributed by atoms with Crippen molar-refractivity contribution in [2.45, 2.75) is 6.92 Å². The minimum atomic E-state index is 1.17. The summed E-state index contributed by atoms with van der Waals surface area (Å²) in [5.74, 6) is 0. The molecule has 2 aromatic rings. The number of rotatable bonds is 0. The van der Waals surface area contributed by atoms with Crippen LogP contribution in [0.4, 0.5) is 5.69 Å². The van der Waals surface area contributed by atoms with Gasteiger partial charge >= 0.3 is 0 Å². The fourth-order valence-electron chi connectivity index (χ4n) is 1.96. The number of aromatic nitrogens is 1. The van der Waals surface area contributed by atoms with Crippen molar-refractivity contribution in [3.63, 3.8) is 0 Å². The molecule has 0 atom stereocenters. The van der Waals surface area contributed by atoms with Gasteiger partial charge in [0.2, 0.25) is 5.52 Å². The van der Waals surface area contributed by atoms with E-state index < -0.39 is 0 Å². The van der Waals surface area contributed by atoms with Crippen LogP contribution in [0.25, 0.3) is 17.1 Å². The molecule has 68 valence electrons. The second-order valence-corrected chi connectivity index (χ2v) is 3.60. The lowest BCUT2D eigenvalue weighted by atomic mass is 10.1. The lowest BCUT2D eigenvalue weighted by molar-refractivity contribution is -0.539. The Morgan fingerprint density at radius 1 is 1.14 bits per heavy atom. The SMILES string of the molecule is CC1=C[n+]2cccc3cccc(c32)N1. The first-order valence-corrected chi connectivity index (χ1v) is 4.73. The molecule has 1 aliphatic heterocycles. The van der Waals surface area contributed by atoms with Crippen LogP contribution >= 0.6 is 0 Å². The quantitative estimate of drug-likeness (QED) is 0.620. The molecule has 1 aliphatic rings. The first-order chi connectivity index (χ1) is 6.84. The monoisotopic (exact) mass is 183 g/mol. The Hall–Kier alpha value is -1.83. The minimum Gasteiger partial charge on any atom is -0.349 e. The number of hydrogen-bond acceptors (Lipinski definition) is 1. The van der Waals surface area contributed by atoms with E-state index in [2.05, 4.69) is 59.5 Å². The van der Waals surface area contributed by atoms with Gasteiger partial charge in [0.1, 0.15) is 5.69 Å². The molecule has 0 spiro atoms. The molecule has 1 N–H and O–H groups in total. The minimum absolute atomic E-state index is 1.17. The molecule has 0 amide bonds. The average molecular weight is 183 g/mol. The Kier molecular flexibility index (Phi) is 1.39. The van der Waals surface area contributed by atoms with Crippen LogP contribution < -0.4 is 9.88 Å². The number of anilines is 1. The zero-order valence-corrected chi connectivity index (χ0v) is 7.99. The highest BCUT2D eigenvalue weighted by Crippen LogP contribution is 2.23. The van der Waals surface area contributed by atoms with Gasteiger partial charge in [-0.2, -0.15) is 4.57 Å². The largest absolute Gasteiger partial charge is 0.349 e. The summed E-state index contributed by atoms with van der Waals surface area (Å²) in [5, 5.41) is 4.63. The highest BCUT2D eigenvalue weighted by molar-refractivity contribution is 5.89. The van der Waals surface area contributed by atoms with Gasteiger partial charge in [-0.1, -0.05) is 6.07 Å². The standard InChI is InChI=1S/C12H11N2/c1-9-8-14-7-3-5-10-4-2-6-11(13-9)12(10)14/h2-8,13H,1H3/q+1. The summed E-state index contributed by atoms with van der Waals surface area (Å²) in [4.78, 5) is 0. The van der Waals surface area contributed by atoms with Crippen LogP contribution in [0.5, 0.6) is 0 Å². The lowest BCUT2D eigenvalue weighted by Crippen LogP contribution is -2.31. The lowest BCUT2D eigenvalue weighted by Gasteiger charge is -2.11. The summed E-state index contributed by atoms with van der Waals surface area (Å²) < 4.78 is 2.16. The Morgan fingerprint density at radius 2 is 2.00 bits per heavy atom. The van der Waals surface area contributed by atoms with Gasteiger partial charge in [-0.3, -0.25) is 0 Å². The van der Waals surface area contributed by atoms with E-state index in [1.165, 1.54) is 22.3 Å². The van der Waals surface area contributed by atoms with Gasteiger partial charge in [-0.05, 0) is 25.1 Å². The second-order valence-electron chi connectivity index (χ2n) is 3.60. The number of nitrogens with one attached hydrogen (secondary N) is 1. The van der Waals surface area contributed by atoms with Gasteiger partial charge < -0.3 is 5.32 Å². The van der Waals surface area contributed by atoms with Crippen molar-refractivity contribution in [2.75, 3.05) is 5.32 Å². The molecule has 0 saturated carbocycles. The molecule has 0 radical (unpaired) electrons. The molecule has 0 bridgehead atoms. The number of hydrogen-bond donors (Lipinski definition) is 1. The summed E-state index contributed by atoms with van der Waals surface area (Å²) in [7, 11) is 0. The van der Waals surface area contributed by atoms with E-state index in [-0.39, 0.29) is 0 Å². The fourth-order valence-corrected chi connectivity index (χ4v) is 1.96. The highest BCUT2D eigenvalue weighted by Gasteiger charge is 2.16. The smallest absolute Gasteiger partial charge is 0.241 e. The third-order valence-corrected chi connectivity index (χ3v) is 2.51. The normalized spacial score (nSPS) is 13.6. The van der Waals surface area contributed by atoms with Gasteiger partial charge in [-0.25, -0.2) is 0 Å². The molecule has 1 aromatic carbocycles. The van der Waals surface area contributed by atoms with Crippen LogP contribution in [0.15, 0.2) is 42.2 Å². The molecular formula is C12H11N2+. The molecular weight excluding hydrogens is 172 g/mol. The van der Waals surface area contributed by atoms with Crippen molar-refractivity contribution in [1.29, 1.82) is 0 Å². The zero-order chi connectivity index (χ0) is 9.54. The van der Waals surface area contributed by atoms with Gasteiger partial charge in [0.15, 0.2) is 12.4 Å². The third-order valence-electron chi connectivity index (χ3n) is 2.51. The Balaban J connectivity index is 2.50. The van der Waals surface area contributed by atoms with E-state index in [1.54, 1.807) is 0 Å². The maximum atomic E-state index is 3.36. The van der Waals surface area contributed by atoms with E-state index >= 15 is 0 Å². The van der Waals surface area contributed by atoms with Crippen LogP contribution in [-0.4, -0.2) is 0 Å². The molecule has 0 fully saturated rings. The van der Waals surface area contributed by atoms with Crippen molar-refractivity contribution >= 4 is 22.8 Å².